The van der Waals surface area contributed by atoms with Crippen LogP contribution in [0.15, 0.2) is 64.4 Å². The minimum absolute atomic E-state index is 0.0955. The van der Waals surface area contributed by atoms with E-state index >= 15 is 0 Å². The minimum Gasteiger partial charge on any atom is -0.490 e. The zero-order valence-electron chi connectivity index (χ0n) is 26.1. The van der Waals surface area contributed by atoms with Crippen LogP contribution >= 0.6 is 11.3 Å². The predicted molar refractivity (Wildman–Crippen MR) is 173 cm³/mol. The summed E-state index contributed by atoms with van der Waals surface area (Å²) in [6.45, 7) is 6.01. The van der Waals surface area contributed by atoms with Crippen molar-refractivity contribution in [3.8, 4) is 5.75 Å². The number of hydrogen-bond donors (Lipinski definition) is 2. The lowest BCUT2D eigenvalue weighted by atomic mass is 10.0. The van der Waals surface area contributed by atoms with Gasteiger partial charge in [-0.3, -0.25) is 14.6 Å². The van der Waals surface area contributed by atoms with Crippen molar-refractivity contribution in [3.05, 3.63) is 71.4 Å². The number of aromatic nitrogens is 1. The minimum atomic E-state index is -3.71. The Morgan fingerprint density at radius 1 is 1.20 bits per heavy atom. The Kier molecular flexibility index (Phi) is 12.1. The van der Waals surface area contributed by atoms with Crippen LogP contribution in [0.25, 0.3) is 0 Å². The van der Waals surface area contributed by atoms with Gasteiger partial charge in [-0.15, -0.1) is 11.3 Å². The van der Waals surface area contributed by atoms with Gasteiger partial charge in [-0.25, -0.2) is 8.42 Å². The number of amides is 2. The molecular formula is C32H42N4O7S2. The Balaban J connectivity index is 1.65. The Bertz CT molecular complexity index is 1520. The number of carbonyl (C=O) groups is 2. The first-order chi connectivity index (χ1) is 21.5. The summed E-state index contributed by atoms with van der Waals surface area (Å²) in [6, 6.07) is 10.9. The molecule has 0 fully saturated rings. The molecule has 1 aromatic carbocycles. The van der Waals surface area contributed by atoms with E-state index in [-0.39, 0.29) is 53.3 Å². The molecule has 3 aromatic rings. The van der Waals surface area contributed by atoms with Gasteiger partial charge in [0.1, 0.15) is 9.96 Å². The zero-order valence-corrected chi connectivity index (χ0v) is 27.7. The smallest absolute Gasteiger partial charge is 0.258 e. The number of fused-ring (bicyclic) bond motifs is 1. The largest absolute Gasteiger partial charge is 0.490 e. The van der Waals surface area contributed by atoms with Gasteiger partial charge in [-0.05, 0) is 74.9 Å². The van der Waals surface area contributed by atoms with Crippen LogP contribution < -0.4 is 10.1 Å². The first-order valence-electron chi connectivity index (χ1n) is 15.1. The molecule has 1 aliphatic rings. The number of pyridine rings is 1. The molecule has 13 heteroatoms. The summed E-state index contributed by atoms with van der Waals surface area (Å²) >= 11 is 1.16. The number of carbonyl (C=O) groups excluding carboxylic acids is 2. The van der Waals surface area contributed by atoms with E-state index in [2.05, 4.69) is 10.3 Å². The molecule has 4 rings (SSSR count). The second-order valence-electron chi connectivity index (χ2n) is 11.4. The van der Waals surface area contributed by atoms with Crippen LogP contribution in [0.1, 0.15) is 60.7 Å². The fourth-order valence-electron chi connectivity index (χ4n) is 5.08. The van der Waals surface area contributed by atoms with Gasteiger partial charge in [-0.1, -0.05) is 13.0 Å². The number of thiophene rings is 1. The Morgan fingerprint density at radius 3 is 2.64 bits per heavy atom. The maximum atomic E-state index is 14.3. The average Bonchev–Trinajstić information content (AvgIpc) is 3.59. The van der Waals surface area contributed by atoms with Crippen LogP contribution in [0.2, 0.25) is 0 Å². The van der Waals surface area contributed by atoms with E-state index in [1.807, 2.05) is 13.8 Å². The predicted octanol–water partition coefficient (Wildman–Crippen LogP) is 4.51. The van der Waals surface area contributed by atoms with Crippen LogP contribution in [-0.4, -0.2) is 91.1 Å². The van der Waals surface area contributed by atoms with E-state index in [4.69, 9.17) is 9.47 Å². The molecule has 4 atom stereocenters. The lowest BCUT2D eigenvalue weighted by Gasteiger charge is -2.35. The number of benzene rings is 1. The van der Waals surface area contributed by atoms with Gasteiger partial charge in [0.25, 0.3) is 21.8 Å². The lowest BCUT2D eigenvalue weighted by Crippen LogP contribution is -2.48. The molecule has 2 amide bonds. The first-order valence-corrected chi connectivity index (χ1v) is 17.4. The SMILES string of the molecule is C[C@@H]1CN([C@H](C)CO)C(=O)c2cc(NC(=O)c3ccncc3)ccc2O[C@@H](C)CCCCO[C@H]1CN(C)S(=O)(=O)c1cccs1. The van der Waals surface area contributed by atoms with E-state index in [9.17, 15) is 23.1 Å². The monoisotopic (exact) mass is 658 g/mol. The topological polar surface area (TPSA) is 138 Å². The number of likely N-dealkylation sites (N-methyl/N-ethyl adjacent to an activating group) is 1. The highest BCUT2D eigenvalue weighted by molar-refractivity contribution is 7.91. The second kappa shape index (κ2) is 15.8. The Morgan fingerprint density at radius 2 is 1.96 bits per heavy atom. The standard InChI is InChI=1S/C32H42N4O7S2/c1-22-19-36(23(2)21-37)32(39)27-18-26(34-31(38)25-12-14-33-15-13-25)10-11-28(27)43-24(3)8-5-6-16-42-29(22)20-35(4)45(40,41)30-9-7-17-44-30/h7,9-15,17-18,22-24,29,37H,5-6,8,16,19-21H2,1-4H3,(H,34,38)/t22-,23-,24+,29+/m1/s1. The highest BCUT2D eigenvalue weighted by Gasteiger charge is 2.32. The van der Waals surface area contributed by atoms with Crippen molar-refractivity contribution in [2.24, 2.45) is 5.92 Å². The number of rotatable bonds is 8. The van der Waals surface area contributed by atoms with E-state index < -0.39 is 22.2 Å². The summed E-state index contributed by atoms with van der Waals surface area (Å²) in [5, 5.41) is 14.7. The molecule has 0 saturated carbocycles. The number of nitrogens with one attached hydrogen (secondary N) is 1. The zero-order chi connectivity index (χ0) is 32.6. The van der Waals surface area contributed by atoms with Crippen LogP contribution in [0, 0.1) is 5.92 Å². The maximum absolute atomic E-state index is 14.3. The third kappa shape index (κ3) is 8.88. The van der Waals surface area contributed by atoms with Crippen molar-refractivity contribution in [1.82, 2.24) is 14.2 Å². The second-order valence-corrected chi connectivity index (χ2v) is 14.6. The van der Waals surface area contributed by atoms with Crippen LogP contribution in [0.3, 0.4) is 0 Å². The van der Waals surface area contributed by atoms with Gasteiger partial charge < -0.3 is 24.8 Å². The molecule has 11 nitrogen and oxygen atoms in total. The molecule has 2 aromatic heterocycles. The summed E-state index contributed by atoms with van der Waals surface area (Å²) in [5.74, 6) is -0.662. The summed E-state index contributed by atoms with van der Waals surface area (Å²) < 4.78 is 40.5. The summed E-state index contributed by atoms with van der Waals surface area (Å²) in [4.78, 5) is 32.7. The van der Waals surface area contributed by atoms with Gasteiger partial charge >= 0.3 is 0 Å². The van der Waals surface area contributed by atoms with Crippen molar-refractivity contribution in [2.75, 3.05) is 38.7 Å². The molecule has 3 heterocycles. The average molecular weight is 659 g/mol. The number of hydrogen-bond acceptors (Lipinski definition) is 9. The van der Waals surface area contributed by atoms with E-state index in [1.54, 1.807) is 59.7 Å². The van der Waals surface area contributed by atoms with Gasteiger partial charge in [0.15, 0.2) is 0 Å². The Labute approximate surface area is 269 Å². The number of nitrogens with zero attached hydrogens (tertiary/aromatic N) is 3. The molecule has 244 valence electrons. The van der Waals surface area contributed by atoms with Gasteiger partial charge in [0, 0.05) is 56.3 Å². The summed E-state index contributed by atoms with van der Waals surface area (Å²) in [7, 11) is -2.18. The quantitative estimate of drug-likeness (QED) is 0.361. The number of ether oxygens (including phenoxy) is 2. The van der Waals surface area contributed by atoms with Crippen molar-refractivity contribution < 1.29 is 32.6 Å². The highest BCUT2D eigenvalue weighted by atomic mass is 32.2. The first kappa shape index (κ1) is 34.5. The van der Waals surface area contributed by atoms with Crippen molar-refractivity contribution in [3.63, 3.8) is 0 Å². The van der Waals surface area contributed by atoms with Gasteiger partial charge in [0.05, 0.1) is 30.4 Å². The highest BCUT2D eigenvalue weighted by Crippen LogP contribution is 2.29. The number of sulfonamides is 1. The third-order valence-corrected chi connectivity index (χ3v) is 11.0. The number of anilines is 1. The van der Waals surface area contributed by atoms with E-state index in [1.165, 1.54) is 23.7 Å². The molecule has 1 aliphatic heterocycles. The fraction of sp³-hybridized carbons (Fsp3) is 0.469. The molecule has 0 bridgehead atoms. The molecule has 0 unspecified atom stereocenters. The third-order valence-electron chi connectivity index (χ3n) is 7.85. The molecule has 0 aliphatic carbocycles. The van der Waals surface area contributed by atoms with E-state index in [0.717, 1.165) is 24.2 Å². The molecular weight excluding hydrogens is 617 g/mol. The number of aliphatic hydroxyl groups excluding tert-OH is 1. The molecule has 0 spiro atoms. The fourth-order valence-corrected chi connectivity index (χ4v) is 7.47. The molecule has 0 saturated heterocycles. The van der Waals surface area contributed by atoms with Crippen molar-refractivity contribution in [1.29, 1.82) is 0 Å². The maximum Gasteiger partial charge on any atom is 0.258 e. The summed E-state index contributed by atoms with van der Waals surface area (Å²) in [6.07, 6.45) is 4.59. The Hall–Kier alpha value is -3.36. The van der Waals surface area contributed by atoms with Crippen LogP contribution in [0.4, 0.5) is 5.69 Å². The van der Waals surface area contributed by atoms with Crippen LogP contribution in [0.5, 0.6) is 5.75 Å². The van der Waals surface area contributed by atoms with E-state index in [0.29, 0.717) is 30.0 Å². The van der Waals surface area contributed by atoms with Crippen LogP contribution in [-0.2, 0) is 14.8 Å². The normalized spacial score (nSPS) is 21.0. The van der Waals surface area contributed by atoms with Crippen molar-refractivity contribution in [2.45, 2.75) is 62.5 Å². The van der Waals surface area contributed by atoms with Gasteiger partial charge in [0.2, 0.25) is 0 Å². The molecule has 45 heavy (non-hydrogen) atoms. The van der Waals surface area contributed by atoms with Crippen molar-refractivity contribution >= 4 is 38.9 Å². The molecule has 0 radical (unpaired) electrons. The summed E-state index contributed by atoms with van der Waals surface area (Å²) in [5.41, 5.74) is 1.07. The number of aliphatic hydroxyl groups is 1. The lowest BCUT2D eigenvalue weighted by molar-refractivity contribution is -0.00832. The van der Waals surface area contributed by atoms with Gasteiger partial charge in [-0.2, -0.15) is 4.31 Å². The molecule has 2 N–H and O–H groups in total.